The maximum Gasteiger partial charge on any atom is 0.248 e. The second-order valence-electron chi connectivity index (χ2n) is 5.38. The summed E-state index contributed by atoms with van der Waals surface area (Å²) in [6.07, 6.45) is 4.08. The van der Waals surface area contributed by atoms with Crippen LogP contribution in [0.1, 0.15) is 5.56 Å². The van der Waals surface area contributed by atoms with Crippen LogP contribution in [-0.4, -0.2) is 34.8 Å². The molecule has 2 aromatic carbocycles. The van der Waals surface area contributed by atoms with E-state index in [1.165, 1.54) is 13.2 Å². The topological polar surface area (TPSA) is 93.7 Å². The van der Waals surface area contributed by atoms with Crippen molar-refractivity contribution in [2.75, 3.05) is 30.5 Å². The lowest BCUT2D eigenvalue weighted by atomic mass is 10.1. The molecule has 0 fully saturated rings. The first-order valence-corrected chi connectivity index (χ1v) is 9.49. The Morgan fingerprint density at radius 2 is 1.65 bits per heavy atom. The number of hydrogen-bond donors (Lipinski definition) is 2. The van der Waals surface area contributed by atoms with Crippen LogP contribution in [0.4, 0.5) is 11.4 Å². The van der Waals surface area contributed by atoms with Crippen molar-refractivity contribution in [1.82, 2.24) is 0 Å². The molecule has 0 aliphatic rings. The van der Waals surface area contributed by atoms with Gasteiger partial charge >= 0.3 is 0 Å². The van der Waals surface area contributed by atoms with E-state index in [2.05, 4.69) is 10.0 Å². The normalized spacial score (nSPS) is 11.2. The Morgan fingerprint density at radius 1 is 1.00 bits per heavy atom. The van der Waals surface area contributed by atoms with E-state index in [-0.39, 0.29) is 5.91 Å². The Balaban J connectivity index is 2.03. The zero-order chi connectivity index (χ0) is 19.2. The van der Waals surface area contributed by atoms with Crippen LogP contribution in [0, 0.1) is 0 Å². The lowest BCUT2D eigenvalue weighted by Gasteiger charge is -2.08. The largest absolute Gasteiger partial charge is 0.497 e. The van der Waals surface area contributed by atoms with Gasteiger partial charge in [0, 0.05) is 29.1 Å². The van der Waals surface area contributed by atoms with E-state index in [9.17, 15) is 13.2 Å². The fourth-order valence-electron chi connectivity index (χ4n) is 2.14. The molecule has 2 aromatic rings. The minimum atomic E-state index is -3.33. The molecule has 7 nitrogen and oxygen atoms in total. The van der Waals surface area contributed by atoms with Gasteiger partial charge in [0.25, 0.3) is 0 Å². The molecular formula is C18H20N2O5S. The number of carbonyl (C=O) groups excluding carboxylic acids is 1. The summed E-state index contributed by atoms with van der Waals surface area (Å²) in [5, 5.41) is 2.69. The van der Waals surface area contributed by atoms with Crippen molar-refractivity contribution < 1.29 is 22.7 Å². The molecule has 0 saturated heterocycles. The average Bonchev–Trinajstić information content (AvgIpc) is 2.60. The van der Waals surface area contributed by atoms with Crippen LogP contribution in [0.3, 0.4) is 0 Å². The summed E-state index contributed by atoms with van der Waals surface area (Å²) < 4.78 is 35.1. The van der Waals surface area contributed by atoms with Crippen molar-refractivity contribution in [3.63, 3.8) is 0 Å². The second-order valence-corrected chi connectivity index (χ2v) is 7.13. The zero-order valence-electron chi connectivity index (χ0n) is 14.6. The van der Waals surface area contributed by atoms with E-state index < -0.39 is 10.0 Å². The summed E-state index contributed by atoms with van der Waals surface area (Å²) in [5.74, 6) is 0.919. The monoisotopic (exact) mass is 376 g/mol. The maximum absolute atomic E-state index is 12.0. The number of nitrogens with one attached hydrogen (secondary N) is 2. The molecule has 2 N–H and O–H groups in total. The van der Waals surface area contributed by atoms with Crippen LogP contribution in [-0.2, 0) is 14.8 Å². The highest BCUT2D eigenvalue weighted by molar-refractivity contribution is 7.92. The number of hydrogen-bond acceptors (Lipinski definition) is 5. The Morgan fingerprint density at radius 3 is 2.23 bits per heavy atom. The summed E-state index contributed by atoms with van der Waals surface area (Å²) in [6, 6.07) is 11.6. The van der Waals surface area contributed by atoms with Crippen molar-refractivity contribution in [2.45, 2.75) is 0 Å². The van der Waals surface area contributed by atoms with Gasteiger partial charge < -0.3 is 14.8 Å². The second kappa shape index (κ2) is 8.39. The molecule has 8 heteroatoms. The van der Waals surface area contributed by atoms with Crippen LogP contribution in [0.2, 0.25) is 0 Å². The van der Waals surface area contributed by atoms with Crippen molar-refractivity contribution in [3.8, 4) is 11.5 Å². The highest BCUT2D eigenvalue weighted by Crippen LogP contribution is 2.25. The van der Waals surface area contributed by atoms with Crippen LogP contribution >= 0.6 is 0 Å². The highest BCUT2D eigenvalue weighted by Gasteiger charge is 2.05. The van der Waals surface area contributed by atoms with E-state index in [4.69, 9.17) is 9.47 Å². The zero-order valence-corrected chi connectivity index (χ0v) is 15.5. The molecular weight excluding hydrogens is 356 g/mol. The number of carbonyl (C=O) groups is 1. The Labute approximate surface area is 152 Å². The Bertz CT molecular complexity index is 906. The van der Waals surface area contributed by atoms with Gasteiger partial charge in [0.2, 0.25) is 15.9 Å². The molecule has 0 aliphatic heterocycles. The SMILES string of the molecule is COc1ccc(/C=C/C(=O)Nc2ccc(NS(C)(=O)=O)cc2)c(OC)c1. The van der Waals surface area contributed by atoms with Gasteiger partial charge in [0.1, 0.15) is 11.5 Å². The quantitative estimate of drug-likeness (QED) is 0.725. The minimum Gasteiger partial charge on any atom is -0.497 e. The number of methoxy groups -OCH3 is 2. The molecule has 26 heavy (non-hydrogen) atoms. The molecule has 2 rings (SSSR count). The summed E-state index contributed by atoms with van der Waals surface area (Å²) in [6.45, 7) is 0. The van der Waals surface area contributed by atoms with Crippen LogP contribution in [0.15, 0.2) is 48.5 Å². The first kappa shape index (κ1) is 19.3. The third kappa shape index (κ3) is 5.82. The van der Waals surface area contributed by atoms with Crippen molar-refractivity contribution in [2.24, 2.45) is 0 Å². The molecule has 0 spiro atoms. The predicted octanol–water partition coefficient (Wildman–Crippen LogP) is 2.73. The third-order valence-electron chi connectivity index (χ3n) is 3.31. The molecule has 138 valence electrons. The summed E-state index contributed by atoms with van der Waals surface area (Å²) >= 11 is 0. The number of sulfonamides is 1. The Kier molecular flexibility index (Phi) is 6.24. The average molecular weight is 376 g/mol. The smallest absolute Gasteiger partial charge is 0.248 e. The molecule has 0 bridgehead atoms. The van der Waals surface area contributed by atoms with Crippen LogP contribution in [0.25, 0.3) is 6.08 Å². The van der Waals surface area contributed by atoms with Gasteiger partial charge in [-0.25, -0.2) is 8.42 Å². The van der Waals surface area contributed by atoms with Gasteiger partial charge in [-0.1, -0.05) is 0 Å². The molecule has 0 aromatic heterocycles. The number of benzene rings is 2. The van der Waals surface area contributed by atoms with Crippen molar-refractivity contribution >= 4 is 33.4 Å². The number of anilines is 2. The molecule has 0 atom stereocenters. The van der Waals surface area contributed by atoms with Gasteiger partial charge in [-0.05, 0) is 42.5 Å². The van der Waals surface area contributed by atoms with Crippen molar-refractivity contribution in [3.05, 3.63) is 54.1 Å². The predicted molar refractivity (Wildman–Crippen MR) is 102 cm³/mol. The van der Waals surface area contributed by atoms with Gasteiger partial charge in [0.05, 0.1) is 20.5 Å². The minimum absolute atomic E-state index is 0.327. The van der Waals surface area contributed by atoms with Crippen LogP contribution < -0.4 is 19.5 Å². The van der Waals surface area contributed by atoms with E-state index in [0.29, 0.717) is 22.9 Å². The Hall–Kier alpha value is -3.00. The number of amides is 1. The highest BCUT2D eigenvalue weighted by atomic mass is 32.2. The lowest BCUT2D eigenvalue weighted by Crippen LogP contribution is -2.10. The summed E-state index contributed by atoms with van der Waals surface area (Å²) in [7, 11) is -0.229. The van der Waals surface area contributed by atoms with E-state index in [1.807, 2.05) is 0 Å². The lowest BCUT2D eigenvalue weighted by molar-refractivity contribution is -0.111. The molecule has 0 heterocycles. The van der Waals surface area contributed by atoms with Gasteiger partial charge in [-0.3, -0.25) is 9.52 Å². The van der Waals surface area contributed by atoms with E-state index in [1.54, 1.807) is 55.7 Å². The third-order valence-corrected chi connectivity index (χ3v) is 3.92. The first-order valence-electron chi connectivity index (χ1n) is 7.59. The van der Waals surface area contributed by atoms with E-state index >= 15 is 0 Å². The van der Waals surface area contributed by atoms with Gasteiger partial charge in [0.15, 0.2) is 0 Å². The van der Waals surface area contributed by atoms with Gasteiger partial charge in [-0.15, -0.1) is 0 Å². The maximum atomic E-state index is 12.0. The summed E-state index contributed by atoms with van der Waals surface area (Å²) in [4.78, 5) is 12.0. The van der Waals surface area contributed by atoms with Gasteiger partial charge in [-0.2, -0.15) is 0 Å². The molecule has 1 amide bonds. The fraction of sp³-hybridized carbons (Fsp3) is 0.167. The molecule has 0 aliphatic carbocycles. The fourth-order valence-corrected chi connectivity index (χ4v) is 2.71. The molecule has 0 radical (unpaired) electrons. The molecule has 0 unspecified atom stereocenters. The standard InChI is InChI=1S/C18H20N2O5S/c1-24-16-10-4-13(17(12-16)25-2)5-11-18(21)19-14-6-8-15(9-7-14)20-26(3,22)23/h4-12,20H,1-3H3,(H,19,21)/b11-5+. The number of rotatable bonds is 7. The van der Waals surface area contributed by atoms with E-state index in [0.717, 1.165) is 11.8 Å². The van der Waals surface area contributed by atoms with Crippen molar-refractivity contribution in [1.29, 1.82) is 0 Å². The number of ether oxygens (including phenoxy) is 2. The van der Waals surface area contributed by atoms with Crippen LogP contribution in [0.5, 0.6) is 11.5 Å². The first-order chi connectivity index (χ1) is 12.3. The molecule has 0 saturated carbocycles. The summed E-state index contributed by atoms with van der Waals surface area (Å²) in [5.41, 5.74) is 1.69.